The Morgan fingerprint density at radius 3 is 1.04 bits per heavy atom. The molecule has 4 heterocycles. The Balaban J connectivity index is 0.000000132. The molecule has 2 spiro atoms. The zero-order valence-corrected chi connectivity index (χ0v) is 72.1. The van der Waals surface area contributed by atoms with Crippen LogP contribution in [0.25, 0.3) is 112 Å². The van der Waals surface area contributed by atoms with Gasteiger partial charge < -0.3 is 6.74 Å². The minimum absolute atomic E-state index is 0. The second-order valence-electron chi connectivity index (χ2n) is 33.4. The number of anilines is 5. The summed E-state index contributed by atoms with van der Waals surface area (Å²) in [5.41, 5.74) is 33.9. The molecule has 18 aromatic rings. The van der Waals surface area contributed by atoms with Gasteiger partial charge in [-0.25, -0.2) is 9.97 Å². The van der Waals surface area contributed by atoms with Gasteiger partial charge in [0.2, 0.25) is 11.2 Å². The third kappa shape index (κ3) is 12.2. The van der Waals surface area contributed by atoms with Crippen molar-refractivity contribution in [3.63, 3.8) is 0 Å². The van der Waals surface area contributed by atoms with E-state index < -0.39 is 10.8 Å². The molecule has 24 rings (SSSR count). The van der Waals surface area contributed by atoms with E-state index in [-0.39, 0.29) is 68.3 Å². The monoisotopic (exact) mass is 1660 g/mol. The molecular weight excluding hydrogens is 1580 g/mol. The molecule has 0 bridgehead atoms. The fourth-order valence-electron chi connectivity index (χ4n) is 20.6. The van der Waals surface area contributed by atoms with E-state index in [1.54, 1.807) is 30.3 Å². The van der Waals surface area contributed by atoms with Crippen LogP contribution in [0, 0.1) is 20.2 Å². The molecular formula is C110H76ClN10NaO4. The van der Waals surface area contributed by atoms with Gasteiger partial charge in [0.15, 0.2) is 23.3 Å². The topological polar surface area (TPSA) is 179 Å². The predicted octanol–water partition coefficient (Wildman–Crippen LogP) is 24.2. The van der Waals surface area contributed by atoms with Crippen LogP contribution in [0.2, 0.25) is 5.28 Å². The molecule has 16 heteroatoms. The fraction of sp³-hybridized carbons (Fsp3) is 0.0727. The zero-order valence-electron chi connectivity index (χ0n) is 70.3. The Morgan fingerprint density at radius 1 is 0.278 bits per heavy atom. The van der Waals surface area contributed by atoms with E-state index in [1.165, 1.54) is 89.0 Å². The number of hydrogen-bond acceptors (Lipinski definition) is 12. The molecule has 598 valence electrons. The first-order valence-electron chi connectivity index (χ1n) is 41.8. The molecule has 2 aliphatic heterocycles. The van der Waals surface area contributed by atoms with Gasteiger partial charge in [-0.2, -0.15) is 19.9 Å². The Morgan fingerprint density at radius 2 is 0.587 bits per heavy atom. The van der Waals surface area contributed by atoms with Crippen LogP contribution in [0.5, 0.6) is 0 Å². The van der Waals surface area contributed by atoms with Crippen LogP contribution < -0.4 is 39.8 Å². The molecule has 0 saturated heterocycles. The molecule has 0 saturated carbocycles. The molecule has 1 N–H and O–H groups in total. The van der Waals surface area contributed by atoms with E-state index in [0.29, 0.717) is 40.4 Å². The van der Waals surface area contributed by atoms with Crippen molar-refractivity contribution in [3.05, 3.63) is 468 Å². The first-order chi connectivity index (χ1) is 61.1. The molecule has 2 aromatic heterocycles. The number of nitro groups is 2. The van der Waals surface area contributed by atoms with Gasteiger partial charge in [-0.1, -0.05) is 331 Å². The Labute approximate surface area is 756 Å². The van der Waals surface area contributed by atoms with Gasteiger partial charge in [-0.15, -0.1) is 0 Å². The van der Waals surface area contributed by atoms with Gasteiger partial charge in [0.1, 0.15) is 0 Å². The number of nitrogens with zero attached hydrogens (tertiary/aromatic N) is 9. The van der Waals surface area contributed by atoms with E-state index in [1.807, 2.05) is 121 Å². The molecule has 4 aliphatic carbocycles. The largest absolute Gasteiger partial charge is 1.00 e. The average molecular weight is 1660 g/mol. The summed E-state index contributed by atoms with van der Waals surface area (Å²) < 4.78 is 0. The molecule has 14 nitrogen and oxygen atoms in total. The van der Waals surface area contributed by atoms with Crippen molar-refractivity contribution in [3.8, 4) is 112 Å². The first-order valence-corrected chi connectivity index (χ1v) is 42.1. The zero-order chi connectivity index (χ0) is 84.6. The van der Waals surface area contributed by atoms with Gasteiger partial charge in [-0.3, -0.25) is 25.1 Å². The molecule has 0 amide bonds. The number of nitro benzene ring substituents is 2. The number of halogens is 1. The van der Waals surface area contributed by atoms with E-state index in [2.05, 4.69) is 272 Å². The van der Waals surface area contributed by atoms with Crippen LogP contribution in [0.1, 0.15) is 95.9 Å². The number of aromatic nitrogens is 6. The van der Waals surface area contributed by atoms with Crippen LogP contribution in [-0.2, 0) is 21.7 Å². The van der Waals surface area contributed by atoms with Gasteiger partial charge in [0, 0.05) is 56.6 Å². The van der Waals surface area contributed by atoms with Crippen molar-refractivity contribution >= 4 is 51.7 Å². The average Bonchev–Trinajstić information content (AvgIpc) is 1.51. The SMILES string of the molecule is CC1(C)c2ccccc2N(c2nc(-c3ccccc3)nc(-c3ccc4c(c3)-c3ccccc3C43c4ccccc4-c4ccccc43)n2)c2ccc(-c3ccccc3[N+](=O)[O-])cc21.CC1(C)c2ccccc2Nc2ccc(-c3ccccc3[N+](=O)[O-])cc21.Clc1nc(-c2ccccc2)nc(-c2ccc3c(c2)-c2ccccc2C32c3ccccc3-c3ccccc32)n1.[H-].[Na+]. The fourth-order valence-corrected chi connectivity index (χ4v) is 20.7. The van der Waals surface area contributed by atoms with Crippen LogP contribution in [0.4, 0.5) is 40.1 Å². The molecule has 0 atom stereocenters. The summed E-state index contributed by atoms with van der Waals surface area (Å²) in [6.45, 7) is 8.79. The normalized spacial score (nSPS) is 14.0. The molecule has 126 heavy (non-hydrogen) atoms. The molecule has 0 fully saturated rings. The molecule has 6 aliphatic rings. The minimum atomic E-state index is -0.457. The molecule has 0 unspecified atom stereocenters. The quantitative estimate of drug-likeness (QED) is 0.0822. The smallest absolute Gasteiger partial charge is 1.00 e. The van der Waals surface area contributed by atoms with Crippen molar-refractivity contribution < 1.29 is 40.8 Å². The van der Waals surface area contributed by atoms with E-state index in [9.17, 15) is 20.2 Å². The van der Waals surface area contributed by atoms with E-state index in [4.69, 9.17) is 31.5 Å². The standard InChI is InChI=1S/C55H37N5O2.C34H20ClN3.C21H18N2O2.Na.H/c1-54(2)46-25-13-15-27-49(46)59(50-31-29-35(33-47(50)54)37-18-9-14-26-48(37)60(61)62)53-57-51(34-16-4-3-5-17-34)56-52(58-53)36-28-30-45-41(32-36)40-21-8-12-24-44(40)55(45)42-22-10-6-19-38(42)39-20-7-11-23-43(39)55;35-33-37-31(21-10-2-1-3-11-21)36-32(38-33)22-18-19-30-26(20-22)25-14-6-9-17-29(25)34(30)27-15-7-4-12-23(27)24-13-5-8-16-28(24)34;1-21(2)16-8-4-5-9-18(16)22-19-12-11-14(13-17(19)21)15-7-3-6-10-20(15)23(24)25;;/h3-33H,1-2H3;1-20H;3-13,22H,1-2H3;;/q;;;+1;-1. The van der Waals surface area contributed by atoms with Crippen LogP contribution in [-0.4, -0.2) is 39.8 Å². The van der Waals surface area contributed by atoms with Crippen molar-refractivity contribution in [1.29, 1.82) is 0 Å². The molecule has 0 radical (unpaired) electrons. The van der Waals surface area contributed by atoms with Crippen molar-refractivity contribution in [2.45, 2.75) is 49.4 Å². The maximum atomic E-state index is 12.2. The van der Waals surface area contributed by atoms with E-state index in [0.717, 1.165) is 78.4 Å². The number of fused-ring (bicyclic) bond motifs is 24. The Bertz CT molecular complexity index is 7460. The summed E-state index contributed by atoms with van der Waals surface area (Å²) in [6.07, 6.45) is 0. The number of nitrogens with one attached hydrogen (secondary N) is 1. The number of hydrogen-bond donors (Lipinski definition) is 1. The van der Waals surface area contributed by atoms with Gasteiger partial charge in [-0.05, 0) is 195 Å². The third-order valence-corrected chi connectivity index (χ3v) is 26.3. The van der Waals surface area contributed by atoms with E-state index >= 15 is 0 Å². The summed E-state index contributed by atoms with van der Waals surface area (Å²) in [5, 5.41) is 27.2. The second kappa shape index (κ2) is 30.6. The molecule has 16 aromatic carbocycles. The van der Waals surface area contributed by atoms with Gasteiger partial charge >= 0.3 is 29.6 Å². The predicted molar refractivity (Wildman–Crippen MR) is 499 cm³/mol. The van der Waals surface area contributed by atoms with Crippen LogP contribution in [0.15, 0.2) is 376 Å². The summed E-state index contributed by atoms with van der Waals surface area (Å²) in [5.74, 6) is 2.73. The third-order valence-electron chi connectivity index (χ3n) is 26.1. The summed E-state index contributed by atoms with van der Waals surface area (Å²) in [7, 11) is 0. The Kier molecular flexibility index (Phi) is 19.1. The van der Waals surface area contributed by atoms with Crippen molar-refractivity contribution in [1.82, 2.24) is 29.9 Å². The number of rotatable bonds is 9. The van der Waals surface area contributed by atoms with Crippen LogP contribution in [0.3, 0.4) is 0 Å². The van der Waals surface area contributed by atoms with Gasteiger partial charge in [0.25, 0.3) is 11.4 Å². The maximum absolute atomic E-state index is 12.2. The maximum Gasteiger partial charge on any atom is 1.00 e. The Hall–Kier alpha value is -14.8. The minimum Gasteiger partial charge on any atom is -1.00 e. The summed E-state index contributed by atoms with van der Waals surface area (Å²) >= 11 is 6.40. The van der Waals surface area contributed by atoms with Gasteiger partial charge in [0.05, 0.1) is 43.2 Å². The summed E-state index contributed by atoms with van der Waals surface area (Å²) in [6, 6.07) is 129. The van der Waals surface area contributed by atoms with Crippen LogP contribution >= 0.6 is 11.6 Å². The second-order valence-corrected chi connectivity index (χ2v) is 33.7. The summed E-state index contributed by atoms with van der Waals surface area (Å²) in [4.78, 5) is 54.6. The first kappa shape index (κ1) is 78.5. The van der Waals surface area contributed by atoms with Crippen molar-refractivity contribution in [2.75, 3.05) is 10.2 Å². The number of benzene rings is 16. The van der Waals surface area contributed by atoms with Crippen molar-refractivity contribution in [2.24, 2.45) is 0 Å². The number of para-hydroxylation sites is 4.